The minimum Gasteiger partial charge on any atom is -0.494 e. The maximum Gasteiger partial charge on any atom is 0.265 e. The summed E-state index contributed by atoms with van der Waals surface area (Å²) >= 11 is 0. The van der Waals surface area contributed by atoms with Crippen molar-refractivity contribution in [2.24, 2.45) is 5.73 Å². The number of benzene rings is 4. The average molecular weight is 518 g/mol. The van der Waals surface area contributed by atoms with E-state index in [1.807, 2.05) is 0 Å². The molecular formula is C27H20FN3O5S. The van der Waals surface area contributed by atoms with E-state index in [1.165, 1.54) is 43.5 Å². The SMILES string of the molecule is COc1ccc(-c2cc(C(N)=O)c3[nH]c4ccc(C(=O)NS(=O)(=O)c5ccccc5)cc4c3c2)cc1F. The lowest BCUT2D eigenvalue weighted by Gasteiger charge is -2.09. The number of hydrogen-bond acceptors (Lipinski definition) is 5. The summed E-state index contributed by atoms with van der Waals surface area (Å²) in [6.45, 7) is 0. The summed E-state index contributed by atoms with van der Waals surface area (Å²) in [6.07, 6.45) is 0. The van der Waals surface area contributed by atoms with Gasteiger partial charge in [-0.05, 0) is 65.7 Å². The molecule has 5 rings (SSSR count). The first-order valence-corrected chi connectivity index (χ1v) is 12.5. The van der Waals surface area contributed by atoms with Crippen molar-refractivity contribution in [1.82, 2.24) is 9.71 Å². The fraction of sp³-hybridized carbons (Fsp3) is 0.0370. The van der Waals surface area contributed by atoms with Gasteiger partial charge in [0.2, 0.25) is 0 Å². The van der Waals surface area contributed by atoms with Crippen LogP contribution in [0.3, 0.4) is 0 Å². The molecule has 0 saturated heterocycles. The Balaban J connectivity index is 1.62. The molecule has 0 radical (unpaired) electrons. The minimum atomic E-state index is -4.07. The minimum absolute atomic E-state index is 0.0426. The first-order valence-electron chi connectivity index (χ1n) is 11.0. The number of halogens is 1. The lowest BCUT2D eigenvalue weighted by Crippen LogP contribution is -2.30. The number of fused-ring (bicyclic) bond motifs is 3. The largest absolute Gasteiger partial charge is 0.494 e. The number of H-pyrrole nitrogens is 1. The molecule has 4 aromatic carbocycles. The third-order valence-electron chi connectivity index (χ3n) is 6.00. The van der Waals surface area contributed by atoms with Gasteiger partial charge in [-0.15, -0.1) is 0 Å². The fourth-order valence-corrected chi connectivity index (χ4v) is 5.18. The lowest BCUT2D eigenvalue weighted by molar-refractivity contribution is 0.0978. The summed E-state index contributed by atoms with van der Waals surface area (Å²) in [7, 11) is -2.71. The van der Waals surface area contributed by atoms with E-state index < -0.39 is 27.7 Å². The van der Waals surface area contributed by atoms with Crippen molar-refractivity contribution in [1.29, 1.82) is 0 Å². The van der Waals surface area contributed by atoms with Crippen LogP contribution in [0.2, 0.25) is 0 Å². The van der Waals surface area contributed by atoms with Crippen LogP contribution in [0.1, 0.15) is 20.7 Å². The Morgan fingerprint density at radius 2 is 1.68 bits per heavy atom. The highest BCUT2D eigenvalue weighted by atomic mass is 32.2. The van der Waals surface area contributed by atoms with Crippen LogP contribution in [0.25, 0.3) is 32.9 Å². The van der Waals surface area contributed by atoms with Crippen molar-refractivity contribution in [3.05, 3.63) is 95.8 Å². The van der Waals surface area contributed by atoms with E-state index in [0.29, 0.717) is 32.9 Å². The normalized spacial score (nSPS) is 11.5. The van der Waals surface area contributed by atoms with Gasteiger partial charge >= 0.3 is 0 Å². The van der Waals surface area contributed by atoms with Gasteiger partial charge in [-0.2, -0.15) is 0 Å². The maximum absolute atomic E-state index is 14.4. The van der Waals surface area contributed by atoms with Gasteiger partial charge in [0, 0.05) is 21.9 Å². The number of nitrogens with one attached hydrogen (secondary N) is 2. The van der Waals surface area contributed by atoms with E-state index >= 15 is 0 Å². The topological polar surface area (TPSA) is 131 Å². The second-order valence-corrected chi connectivity index (χ2v) is 9.98. The molecule has 0 atom stereocenters. The molecule has 0 spiro atoms. The molecule has 0 fully saturated rings. The molecule has 186 valence electrons. The Labute approximate surface area is 210 Å². The third-order valence-corrected chi connectivity index (χ3v) is 7.35. The molecule has 0 aliphatic rings. The van der Waals surface area contributed by atoms with Crippen molar-refractivity contribution < 1.29 is 27.1 Å². The van der Waals surface area contributed by atoms with Gasteiger partial charge in [-0.25, -0.2) is 17.5 Å². The van der Waals surface area contributed by atoms with Crippen LogP contribution in [0.5, 0.6) is 5.75 Å². The summed E-state index contributed by atoms with van der Waals surface area (Å²) < 4.78 is 46.6. The Morgan fingerprint density at radius 3 is 2.35 bits per heavy atom. The smallest absolute Gasteiger partial charge is 0.265 e. The zero-order valence-electron chi connectivity index (χ0n) is 19.4. The molecule has 8 nitrogen and oxygen atoms in total. The predicted molar refractivity (Wildman–Crippen MR) is 137 cm³/mol. The number of hydrogen-bond donors (Lipinski definition) is 3. The zero-order valence-corrected chi connectivity index (χ0v) is 20.2. The average Bonchev–Trinajstić information content (AvgIpc) is 3.26. The van der Waals surface area contributed by atoms with E-state index in [-0.39, 0.29) is 21.8 Å². The molecule has 10 heteroatoms. The van der Waals surface area contributed by atoms with Crippen LogP contribution in [0, 0.1) is 5.82 Å². The van der Waals surface area contributed by atoms with E-state index in [9.17, 15) is 22.4 Å². The van der Waals surface area contributed by atoms with Crippen molar-refractivity contribution in [3.63, 3.8) is 0 Å². The second kappa shape index (κ2) is 9.07. The van der Waals surface area contributed by atoms with Crippen LogP contribution < -0.4 is 15.2 Å². The number of nitrogens with two attached hydrogens (primary N) is 1. The number of aromatic nitrogens is 1. The van der Waals surface area contributed by atoms with Crippen molar-refractivity contribution in [2.75, 3.05) is 7.11 Å². The molecule has 0 unspecified atom stereocenters. The van der Waals surface area contributed by atoms with Gasteiger partial charge in [0.15, 0.2) is 11.6 Å². The van der Waals surface area contributed by atoms with Crippen LogP contribution in [-0.2, 0) is 10.0 Å². The molecule has 0 bridgehead atoms. The number of methoxy groups -OCH3 is 1. The molecule has 0 aliphatic heterocycles. The molecule has 1 aromatic heterocycles. The van der Waals surface area contributed by atoms with Gasteiger partial charge < -0.3 is 15.5 Å². The van der Waals surface area contributed by atoms with E-state index in [1.54, 1.807) is 42.5 Å². The number of aromatic amines is 1. The molecule has 5 aromatic rings. The number of carbonyl (C=O) groups excluding carboxylic acids is 2. The summed E-state index contributed by atoms with van der Waals surface area (Å²) in [5.41, 5.74) is 7.95. The summed E-state index contributed by atoms with van der Waals surface area (Å²) in [6, 6.07) is 19.8. The first-order chi connectivity index (χ1) is 17.7. The number of sulfonamides is 1. The van der Waals surface area contributed by atoms with Crippen molar-refractivity contribution >= 4 is 43.6 Å². The number of amides is 2. The van der Waals surface area contributed by atoms with Crippen LogP contribution in [0.15, 0.2) is 83.8 Å². The number of primary amides is 1. The van der Waals surface area contributed by atoms with Crippen molar-refractivity contribution in [2.45, 2.75) is 4.90 Å². The van der Waals surface area contributed by atoms with Gasteiger partial charge in [-0.3, -0.25) is 9.59 Å². The fourth-order valence-electron chi connectivity index (χ4n) is 4.19. The Bertz CT molecular complexity index is 1820. The number of ether oxygens (including phenoxy) is 1. The summed E-state index contributed by atoms with van der Waals surface area (Å²) in [5.74, 6) is -2.01. The molecule has 4 N–H and O–H groups in total. The molecule has 0 aliphatic carbocycles. The highest BCUT2D eigenvalue weighted by molar-refractivity contribution is 7.90. The predicted octanol–water partition coefficient (Wildman–Crippen LogP) is 4.35. The van der Waals surface area contributed by atoms with Crippen molar-refractivity contribution in [3.8, 4) is 16.9 Å². The van der Waals surface area contributed by atoms with Crippen LogP contribution in [-0.4, -0.2) is 32.3 Å². The second-order valence-electron chi connectivity index (χ2n) is 8.29. The number of rotatable bonds is 6. The summed E-state index contributed by atoms with van der Waals surface area (Å²) in [5, 5.41) is 1.11. The lowest BCUT2D eigenvalue weighted by atomic mass is 9.98. The van der Waals surface area contributed by atoms with Gasteiger partial charge in [-0.1, -0.05) is 24.3 Å². The highest BCUT2D eigenvalue weighted by Crippen LogP contribution is 2.34. The molecule has 2 amide bonds. The summed E-state index contributed by atoms with van der Waals surface area (Å²) in [4.78, 5) is 28.2. The van der Waals surface area contributed by atoms with Gasteiger partial charge in [0.25, 0.3) is 21.8 Å². The molecule has 0 saturated carbocycles. The highest BCUT2D eigenvalue weighted by Gasteiger charge is 2.20. The van der Waals surface area contributed by atoms with E-state index in [2.05, 4.69) is 9.71 Å². The van der Waals surface area contributed by atoms with E-state index in [0.717, 1.165) is 0 Å². The maximum atomic E-state index is 14.4. The van der Waals surface area contributed by atoms with E-state index in [4.69, 9.17) is 10.5 Å². The monoisotopic (exact) mass is 517 g/mol. The van der Waals surface area contributed by atoms with Gasteiger partial charge in [0.05, 0.1) is 23.1 Å². The van der Waals surface area contributed by atoms with Crippen LogP contribution in [0.4, 0.5) is 4.39 Å². The number of carbonyl (C=O) groups is 2. The Hall–Kier alpha value is -4.70. The first kappa shape index (κ1) is 24.0. The third kappa shape index (κ3) is 4.38. The zero-order chi connectivity index (χ0) is 26.3. The molecule has 1 heterocycles. The Kier molecular flexibility index (Phi) is 5.88. The standard InChI is InChI=1S/C27H20FN3O5S/c1-36-24-10-8-15(14-22(24)28)17-12-20-19-11-16(7-9-23(19)30-25(20)21(13-17)26(29)32)27(33)31-37(34,35)18-5-3-2-4-6-18/h2-14,30H,1H3,(H2,29,32)(H,31,33). The van der Waals surface area contributed by atoms with Gasteiger partial charge in [0.1, 0.15) is 0 Å². The quantitative estimate of drug-likeness (QED) is 0.308. The van der Waals surface area contributed by atoms with Crippen LogP contribution >= 0.6 is 0 Å². The molecular weight excluding hydrogens is 497 g/mol. The molecule has 37 heavy (non-hydrogen) atoms. The Morgan fingerprint density at radius 1 is 0.919 bits per heavy atom.